The number of nitrogens with zero attached hydrogens (tertiary/aromatic N) is 2. The molecule has 1 aromatic rings. The molecule has 3 nitrogen and oxygen atoms in total. The van der Waals surface area contributed by atoms with E-state index in [2.05, 4.69) is 20.8 Å². The summed E-state index contributed by atoms with van der Waals surface area (Å²) in [6.45, 7) is 3.34. The second kappa shape index (κ2) is 7.04. The molecule has 1 amide bonds. The molecule has 2 saturated heterocycles. The molecule has 0 unspecified atom stereocenters. The Bertz CT molecular complexity index is 614. The standard InChI is InChI=1S/C17H20BrF3N2O/c18-12-5-6-14(15(10-12)17(19,20)21)16(24)23-9-3-4-13(23)11-22-7-1-2-8-22/h5-6,10,13H,1-4,7-9,11H2/t13-/m0/s1. The van der Waals surface area contributed by atoms with Crippen LogP contribution in [0.3, 0.4) is 0 Å². The van der Waals surface area contributed by atoms with Gasteiger partial charge in [-0.1, -0.05) is 15.9 Å². The zero-order chi connectivity index (χ0) is 17.3. The maximum Gasteiger partial charge on any atom is 0.417 e. The van der Waals surface area contributed by atoms with Crippen LogP contribution in [-0.4, -0.2) is 47.9 Å². The Morgan fingerprint density at radius 3 is 2.54 bits per heavy atom. The number of alkyl halides is 3. The zero-order valence-corrected chi connectivity index (χ0v) is 14.9. The van der Waals surface area contributed by atoms with Crippen LogP contribution in [0.1, 0.15) is 41.6 Å². The van der Waals surface area contributed by atoms with E-state index in [0.717, 1.165) is 51.4 Å². The maximum absolute atomic E-state index is 13.3. The molecule has 7 heteroatoms. The number of amides is 1. The summed E-state index contributed by atoms with van der Waals surface area (Å²) in [5, 5.41) is 0. The van der Waals surface area contributed by atoms with Gasteiger partial charge in [-0.15, -0.1) is 0 Å². The number of carbonyl (C=O) groups is 1. The van der Waals surface area contributed by atoms with Crippen LogP contribution in [0, 0.1) is 0 Å². The molecule has 3 rings (SSSR count). The summed E-state index contributed by atoms with van der Waals surface area (Å²) in [5.74, 6) is -0.503. The molecule has 0 radical (unpaired) electrons. The Morgan fingerprint density at radius 2 is 1.88 bits per heavy atom. The van der Waals surface area contributed by atoms with Gasteiger partial charge in [-0.05, 0) is 57.0 Å². The number of likely N-dealkylation sites (tertiary alicyclic amines) is 2. The molecular weight excluding hydrogens is 385 g/mol. The Kier molecular flexibility index (Phi) is 5.20. The summed E-state index contributed by atoms with van der Waals surface area (Å²) in [6.07, 6.45) is -0.515. The first-order chi connectivity index (χ1) is 11.4. The van der Waals surface area contributed by atoms with Crippen LogP contribution >= 0.6 is 15.9 Å². The van der Waals surface area contributed by atoms with Gasteiger partial charge in [0, 0.05) is 23.6 Å². The Hall–Kier alpha value is -1.08. The number of carbonyl (C=O) groups excluding carboxylic acids is 1. The van der Waals surface area contributed by atoms with Gasteiger partial charge in [0.15, 0.2) is 0 Å². The monoisotopic (exact) mass is 404 g/mol. The summed E-state index contributed by atoms with van der Waals surface area (Å²) in [6, 6.07) is 3.77. The Balaban J connectivity index is 1.82. The minimum absolute atomic E-state index is 0.0142. The molecule has 0 aromatic heterocycles. The molecule has 24 heavy (non-hydrogen) atoms. The third kappa shape index (κ3) is 3.77. The lowest BCUT2D eigenvalue weighted by molar-refractivity contribution is -0.138. The molecule has 1 atom stereocenters. The van der Waals surface area contributed by atoms with Crippen molar-refractivity contribution >= 4 is 21.8 Å². The molecule has 0 aliphatic carbocycles. The van der Waals surface area contributed by atoms with Crippen LogP contribution in [0.15, 0.2) is 22.7 Å². The van der Waals surface area contributed by atoms with Crippen molar-refractivity contribution in [3.05, 3.63) is 33.8 Å². The van der Waals surface area contributed by atoms with Gasteiger partial charge >= 0.3 is 6.18 Å². The summed E-state index contributed by atoms with van der Waals surface area (Å²) in [4.78, 5) is 16.7. The van der Waals surface area contributed by atoms with Crippen LogP contribution in [0.25, 0.3) is 0 Å². The number of benzene rings is 1. The molecule has 2 aliphatic heterocycles. The average Bonchev–Trinajstić information content (AvgIpc) is 3.18. The van der Waals surface area contributed by atoms with E-state index in [1.54, 1.807) is 4.90 Å². The third-order valence-corrected chi connectivity index (χ3v) is 5.32. The molecule has 132 valence electrons. The van der Waals surface area contributed by atoms with Crippen LogP contribution < -0.4 is 0 Å². The van der Waals surface area contributed by atoms with Crippen molar-refractivity contribution < 1.29 is 18.0 Å². The minimum atomic E-state index is -4.54. The first kappa shape index (κ1) is 17.7. The fourth-order valence-corrected chi connectivity index (χ4v) is 4.01. The van der Waals surface area contributed by atoms with Crippen molar-refractivity contribution in [1.29, 1.82) is 0 Å². The Morgan fingerprint density at radius 1 is 1.17 bits per heavy atom. The summed E-state index contributed by atoms with van der Waals surface area (Å²) in [7, 11) is 0. The number of rotatable bonds is 3. The van der Waals surface area contributed by atoms with Gasteiger partial charge in [-0.25, -0.2) is 0 Å². The third-order valence-electron chi connectivity index (χ3n) is 4.82. The molecular formula is C17H20BrF3N2O. The van der Waals surface area contributed by atoms with Gasteiger partial charge in [0.05, 0.1) is 11.1 Å². The normalized spacial score (nSPS) is 22.3. The van der Waals surface area contributed by atoms with E-state index in [-0.39, 0.29) is 11.6 Å². The molecule has 2 fully saturated rings. The minimum Gasteiger partial charge on any atom is -0.334 e. The summed E-state index contributed by atoms with van der Waals surface area (Å²) in [5.41, 5.74) is -1.12. The van der Waals surface area contributed by atoms with Gasteiger partial charge in [0.2, 0.25) is 0 Å². The Labute approximate surface area is 147 Å². The predicted octanol–water partition coefficient (Wildman–Crippen LogP) is 4.17. The molecule has 0 N–H and O–H groups in total. The van der Waals surface area contributed by atoms with E-state index < -0.39 is 17.6 Å². The van der Waals surface area contributed by atoms with Gasteiger partial charge in [-0.3, -0.25) is 4.79 Å². The first-order valence-electron chi connectivity index (χ1n) is 8.26. The number of hydrogen-bond donors (Lipinski definition) is 0. The lowest BCUT2D eigenvalue weighted by Crippen LogP contribution is -2.43. The lowest BCUT2D eigenvalue weighted by atomic mass is 10.1. The van der Waals surface area contributed by atoms with E-state index in [9.17, 15) is 18.0 Å². The van der Waals surface area contributed by atoms with Crippen molar-refractivity contribution in [1.82, 2.24) is 9.80 Å². The highest BCUT2D eigenvalue weighted by atomic mass is 79.9. The smallest absolute Gasteiger partial charge is 0.334 e. The van der Waals surface area contributed by atoms with Crippen molar-refractivity contribution in [3.8, 4) is 0 Å². The van der Waals surface area contributed by atoms with Crippen LogP contribution in [0.4, 0.5) is 13.2 Å². The molecule has 1 aromatic carbocycles. The highest BCUT2D eigenvalue weighted by Gasteiger charge is 2.38. The zero-order valence-electron chi connectivity index (χ0n) is 13.3. The van der Waals surface area contributed by atoms with Gasteiger partial charge < -0.3 is 9.80 Å². The molecule has 0 saturated carbocycles. The van der Waals surface area contributed by atoms with Crippen molar-refractivity contribution in [2.24, 2.45) is 0 Å². The second-order valence-electron chi connectivity index (χ2n) is 6.49. The maximum atomic E-state index is 13.3. The van der Waals surface area contributed by atoms with Crippen LogP contribution in [0.2, 0.25) is 0 Å². The largest absolute Gasteiger partial charge is 0.417 e. The van der Waals surface area contributed by atoms with Gasteiger partial charge in [0.25, 0.3) is 5.91 Å². The fraction of sp³-hybridized carbons (Fsp3) is 0.588. The quantitative estimate of drug-likeness (QED) is 0.754. The fourth-order valence-electron chi connectivity index (χ4n) is 3.65. The van der Waals surface area contributed by atoms with Gasteiger partial charge in [-0.2, -0.15) is 13.2 Å². The van der Waals surface area contributed by atoms with E-state index in [0.29, 0.717) is 11.0 Å². The molecule has 2 heterocycles. The molecule has 2 aliphatic rings. The summed E-state index contributed by atoms with van der Waals surface area (Å²) >= 11 is 3.06. The molecule has 0 spiro atoms. The second-order valence-corrected chi connectivity index (χ2v) is 7.41. The van der Waals surface area contributed by atoms with E-state index >= 15 is 0 Å². The van der Waals surface area contributed by atoms with Crippen molar-refractivity contribution in [3.63, 3.8) is 0 Å². The van der Waals surface area contributed by atoms with Crippen molar-refractivity contribution in [2.45, 2.75) is 37.9 Å². The number of hydrogen-bond acceptors (Lipinski definition) is 2. The average molecular weight is 405 g/mol. The predicted molar refractivity (Wildman–Crippen MR) is 88.9 cm³/mol. The van der Waals surface area contributed by atoms with E-state index in [1.165, 1.54) is 12.1 Å². The number of halogens is 4. The summed E-state index contributed by atoms with van der Waals surface area (Å²) < 4.78 is 40.2. The topological polar surface area (TPSA) is 23.6 Å². The van der Waals surface area contributed by atoms with Gasteiger partial charge in [0.1, 0.15) is 0 Å². The highest BCUT2D eigenvalue weighted by Crippen LogP contribution is 2.35. The lowest BCUT2D eigenvalue weighted by Gasteiger charge is -2.29. The van der Waals surface area contributed by atoms with Crippen molar-refractivity contribution in [2.75, 3.05) is 26.2 Å². The molecule has 0 bridgehead atoms. The van der Waals surface area contributed by atoms with E-state index in [4.69, 9.17) is 0 Å². The van der Waals surface area contributed by atoms with E-state index in [1.807, 2.05) is 0 Å². The highest BCUT2D eigenvalue weighted by molar-refractivity contribution is 9.10. The first-order valence-corrected chi connectivity index (χ1v) is 9.05. The SMILES string of the molecule is O=C(c1ccc(Br)cc1C(F)(F)F)N1CCC[C@H]1CN1CCCC1. The van der Waals surface area contributed by atoms with Crippen LogP contribution in [-0.2, 0) is 6.18 Å². The van der Waals surface area contributed by atoms with Crippen LogP contribution in [0.5, 0.6) is 0 Å².